The number of likely N-dealkylation sites (N-methyl/N-ethyl adjacent to an activating group) is 1. The van der Waals surface area contributed by atoms with E-state index in [1.54, 1.807) is 11.3 Å². The third kappa shape index (κ3) is 3.18. The molecule has 96 valence electrons. The van der Waals surface area contributed by atoms with E-state index in [9.17, 15) is 0 Å². The lowest BCUT2D eigenvalue weighted by atomic mass is 10.00. The number of nitrogens with zero attached hydrogens (tertiary/aromatic N) is 1. The quantitative estimate of drug-likeness (QED) is 0.887. The van der Waals surface area contributed by atoms with Crippen LogP contribution in [0.5, 0.6) is 0 Å². The van der Waals surface area contributed by atoms with Crippen LogP contribution >= 0.6 is 11.3 Å². The minimum atomic E-state index is 0.323. The predicted octanol–water partition coefficient (Wildman–Crippen LogP) is 3.65. The number of benzene rings is 1. The molecule has 0 bridgehead atoms. The van der Waals surface area contributed by atoms with Gasteiger partial charge in [-0.2, -0.15) is 0 Å². The summed E-state index contributed by atoms with van der Waals surface area (Å²) < 4.78 is 0. The van der Waals surface area contributed by atoms with Gasteiger partial charge in [-0.1, -0.05) is 25.1 Å². The van der Waals surface area contributed by atoms with Crippen molar-refractivity contribution in [1.82, 2.24) is 10.3 Å². The van der Waals surface area contributed by atoms with Crippen molar-refractivity contribution >= 4 is 11.3 Å². The number of hydrogen-bond acceptors (Lipinski definition) is 3. The number of thiazole rings is 1. The maximum absolute atomic E-state index is 4.43. The molecule has 1 N–H and O–H groups in total. The van der Waals surface area contributed by atoms with Gasteiger partial charge in [-0.05, 0) is 43.5 Å². The highest BCUT2D eigenvalue weighted by atomic mass is 32.1. The van der Waals surface area contributed by atoms with E-state index in [2.05, 4.69) is 54.7 Å². The third-order valence-corrected chi connectivity index (χ3v) is 3.87. The summed E-state index contributed by atoms with van der Waals surface area (Å²) in [6.45, 7) is 7.43. The van der Waals surface area contributed by atoms with Gasteiger partial charge in [0.25, 0.3) is 0 Å². The molecule has 1 atom stereocenters. The van der Waals surface area contributed by atoms with Crippen LogP contribution in [-0.2, 0) is 6.42 Å². The molecule has 2 nitrogen and oxygen atoms in total. The number of aryl methyl sites for hydroxylation is 2. The van der Waals surface area contributed by atoms with Crippen LogP contribution in [0.25, 0.3) is 0 Å². The first-order valence-corrected chi connectivity index (χ1v) is 7.32. The standard InChI is InChI=1S/C15H20N2S/c1-4-16-14(15-9-18-10-17-15)8-13-6-5-11(2)12(3)7-13/h5-7,9-10,14,16H,4,8H2,1-3H3. The maximum atomic E-state index is 4.43. The molecule has 18 heavy (non-hydrogen) atoms. The van der Waals surface area contributed by atoms with Crippen molar-refractivity contribution < 1.29 is 0 Å². The van der Waals surface area contributed by atoms with E-state index in [1.165, 1.54) is 16.7 Å². The molecule has 0 fully saturated rings. The lowest BCUT2D eigenvalue weighted by Gasteiger charge is -2.16. The second-order valence-electron chi connectivity index (χ2n) is 4.65. The lowest BCUT2D eigenvalue weighted by Crippen LogP contribution is -2.23. The summed E-state index contributed by atoms with van der Waals surface area (Å²) in [5, 5.41) is 5.65. The Balaban J connectivity index is 2.16. The van der Waals surface area contributed by atoms with Gasteiger partial charge < -0.3 is 5.32 Å². The Morgan fingerprint density at radius 1 is 1.28 bits per heavy atom. The highest BCUT2D eigenvalue weighted by Crippen LogP contribution is 2.20. The molecule has 0 amide bonds. The first-order valence-electron chi connectivity index (χ1n) is 6.38. The van der Waals surface area contributed by atoms with Gasteiger partial charge in [0.05, 0.1) is 17.2 Å². The zero-order chi connectivity index (χ0) is 13.0. The minimum Gasteiger partial charge on any atom is -0.309 e. The molecule has 2 rings (SSSR count). The number of rotatable bonds is 5. The van der Waals surface area contributed by atoms with Crippen LogP contribution < -0.4 is 5.32 Å². The average Bonchev–Trinajstić information content (AvgIpc) is 2.87. The SMILES string of the molecule is CCNC(Cc1ccc(C)c(C)c1)c1cscn1. The second-order valence-corrected chi connectivity index (χ2v) is 5.36. The molecule has 3 heteroatoms. The topological polar surface area (TPSA) is 24.9 Å². The van der Waals surface area contributed by atoms with E-state index in [4.69, 9.17) is 0 Å². The first kappa shape index (κ1) is 13.2. The van der Waals surface area contributed by atoms with Crippen molar-refractivity contribution in [3.8, 4) is 0 Å². The zero-order valence-electron chi connectivity index (χ0n) is 11.2. The zero-order valence-corrected chi connectivity index (χ0v) is 12.1. The summed E-state index contributed by atoms with van der Waals surface area (Å²) >= 11 is 1.66. The van der Waals surface area contributed by atoms with Gasteiger partial charge in [-0.3, -0.25) is 0 Å². The van der Waals surface area contributed by atoms with Crippen LogP contribution in [0.4, 0.5) is 0 Å². The molecule has 1 aromatic heterocycles. The van der Waals surface area contributed by atoms with Gasteiger partial charge in [0.2, 0.25) is 0 Å². The van der Waals surface area contributed by atoms with Crippen LogP contribution in [-0.4, -0.2) is 11.5 Å². The number of aromatic nitrogens is 1. The Kier molecular flexibility index (Phi) is 4.50. The van der Waals surface area contributed by atoms with Crippen molar-refractivity contribution in [2.45, 2.75) is 33.2 Å². The molecular formula is C15H20N2S. The average molecular weight is 260 g/mol. The van der Waals surface area contributed by atoms with Gasteiger partial charge in [0.1, 0.15) is 0 Å². The summed E-state index contributed by atoms with van der Waals surface area (Å²) in [7, 11) is 0. The highest BCUT2D eigenvalue weighted by Gasteiger charge is 2.13. The van der Waals surface area contributed by atoms with Crippen LogP contribution in [0, 0.1) is 13.8 Å². The molecule has 0 aliphatic rings. The van der Waals surface area contributed by atoms with Crippen molar-refractivity contribution in [3.05, 3.63) is 51.5 Å². The fourth-order valence-corrected chi connectivity index (χ4v) is 2.70. The minimum absolute atomic E-state index is 0.323. The predicted molar refractivity (Wildman–Crippen MR) is 78.2 cm³/mol. The van der Waals surface area contributed by atoms with Crippen LogP contribution in [0.3, 0.4) is 0 Å². The molecule has 0 saturated heterocycles. The van der Waals surface area contributed by atoms with Gasteiger partial charge in [-0.15, -0.1) is 11.3 Å². The van der Waals surface area contributed by atoms with Crippen molar-refractivity contribution in [3.63, 3.8) is 0 Å². The summed E-state index contributed by atoms with van der Waals surface area (Å²) in [4.78, 5) is 4.43. The summed E-state index contributed by atoms with van der Waals surface area (Å²) in [5.74, 6) is 0. The van der Waals surface area contributed by atoms with Gasteiger partial charge >= 0.3 is 0 Å². The summed E-state index contributed by atoms with van der Waals surface area (Å²) in [5.41, 5.74) is 7.14. The Morgan fingerprint density at radius 2 is 2.11 bits per heavy atom. The van der Waals surface area contributed by atoms with E-state index in [-0.39, 0.29) is 0 Å². The van der Waals surface area contributed by atoms with E-state index in [0.717, 1.165) is 18.7 Å². The van der Waals surface area contributed by atoms with E-state index < -0.39 is 0 Å². The van der Waals surface area contributed by atoms with E-state index >= 15 is 0 Å². The summed E-state index contributed by atoms with van der Waals surface area (Å²) in [6.07, 6.45) is 0.999. The van der Waals surface area contributed by atoms with E-state index in [1.807, 2.05) is 5.51 Å². The molecule has 0 aliphatic heterocycles. The van der Waals surface area contributed by atoms with E-state index in [0.29, 0.717) is 6.04 Å². The smallest absolute Gasteiger partial charge is 0.0795 e. The second kappa shape index (κ2) is 6.12. The van der Waals surface area contributed by atoms with Crippen LogP contribution in [0.1, 0.15) is 35.3 Å². The molecule has 1 aromatic carbocycles. The third-order valence-electron chi connectivity index (χ3n) is 3.27. The van der Waals surface area contributed by atoms with Crippen LogP contribution in [0.2, 0.25) is 0 Å². The molecule has 0 saturated carbocycles. The molecule has 1 unspecified atom stereocenters. The Hall–Kier alpha value is -1.19. The fraction of sp³-hybridized carbons (Fsp3) is 0.400. The Bertz CT molecular complexity index is 491. The lowest BCUT2D eigenvalue weighted by molar-refractivity contribution is 0.539. The fourth-order valence-electron chi connectivity index (χ4n) is 2.09. The number of hydrogen-bond donors (Lipinski definition) is 1. The first-order chi connectivity index (χ1) is 8.70. The van der Waals surface area contributed by atoms with Crippen molar-refractivity contribution in [1.29, 1.82) is 0 Å². The van der Waals surface area contributed by atoms with Gasteiger partial charge in [-0.25, -0.2) is 4.98 Å². The van der Waals surface area contributed by atoms with Gasteiger partial charge in [0.15, 0.2) is 0 Å². The summed E-state index contributed by atoms with van der Waals surface area (Å²) in [6, 6.07) is 7.03. The Morgan fingerprint density at radius 3 is 2.72 bits per heavy atom. The number of nitrogens with one attached hydrogen (secondary N) is 1. The molecule has 0 aliphatic carbocycles. The molecule has 2 aromatic rings. The van der Waals surface area contributed by atoms with Gasteiger partial charge in [0, 0.05) is 5.38 Å². The van der Waals surface area contributed by atoms with Crippen molar-refractivity contribution in [2.75, 3.05) is 6.54 Å². The highest BCUT2D eigenvalue weighted by molar-refractivity contribution is 7.07. The van der Waals surface area contributed by atoms with Crippen molar-refractivity contribution in [2.24, 2.45) is 0 Å². The maximum Gasteiger partial charge on any atom is 0.0795 e. The van der Waals surface area contributed by atoms with Crippen LogP contribution in [0.15, 0.2) is 29.1 Å². The molecule has 0 radical (unpaired) electrons. The monoisotopic (exact) mass is 260 g/mol. The molecule has 1 heterocycles. The Labute approximate surface area is 113 Å². The molecular weight excluding hydrogens is 240 g/mol. The molecule has 0 spiro atoms. The largest absolute Gasteiger partial charge is 0.309 e. The normalized spacial score (nSPS) is 12.6.